The topological polar surface area (TPSA) is 36.1 Å². The zero-order chi connectivity index (χ0) is 19.8. The van der Waals surface area contributed by atoms with Crippen LogP contribution in [-0.2, 0) is 6.42 Å². The third-order valence-corrected chi connectivity index (χ3v) is 6.26. The number of carbonyl (C=O) groups excluding carboxylic acids is 1. The Balaban J connectivity index is 1.53. The van der Waals surface area contributed by atoms with E-state index in [1.165, 1.54) is 23.1 Å². The number of nitrogens with one attached hydrogen (secondary N) is 1. The Morgan fingerprint density at radius 1 is 1.14 bits per heavy atom. The average molecular weight is 378 g/mol. The van der Waals surface area contributed by atoms with Gasteiger partial charge >= 0.3 is 0 Å². The maximum absolute atomic E-state index is 13.3. The Morgan fingerprint density at radius 3 is 2.64 bits per heavy atom. The highest BCUT2D eigenvalue weighted by atomic mass is 19.1. The van der Waals surface area contributed by atoms with Crippen LogP contribution in [0.25, 0.3) is 10.9 Å². The molecule has 0 aliphatic carbocycles. The van der Waals surface area contributed by atoms with Crippen LogP contribution in [0.15, 0.2) is 42.5 Å². The lowest BCUT2D eigenvalue weighted by atomic mass is 10.0. The second-order valence-electron chi connectivity index (χ2n) is 8.09. The Kier molecular flexibility index (Phi) is 4.96. The lowest BCUT2D eigenvalue weighted by molar-refractivity contribution is 0.0673. The molecule has 0 spiro atoms. The zero-order valence-corrected chi connectivity index (χ0v) is 16.8. The van der Waals surface area contributed by atoms with Crippen molar-refractivity contribution in [2.75, 3.05) is 0 Å². The number of H-pyrrole nitrogens is 1. The maximum Gasteiger partial charge on any atom is 0.254 e. The molecule has 4 rings (SSSR count). The summed E-state index contributed by atoms with van der Waals surface area (Å²) in [5.41, 5.74) is 5.27. The minimum absolute atomic E-state index is 0.112. The highest BCUT2D eigenvalue weighted by molar-refractivity contribution is 5.99. The number of fused-ring (bicyclic) bond motifs is 1. The summed E-state index contributed by atoms with van der Waals surface area (Å²) in [6, 6.07) is 13.1. The van der Waals surface area contributed by atoms with Crippen LogP contribution >= 0.6 is 0 Å². The first-order valence-corrected chi connectivity index (χ1v) is 10.1. The van der Waals surface area contributed by atoms with Crippen molar-refractivity contribution >= 4 is 16.8 Å². The summed E-state index contributed by atoms with van der Waals surface area (Å²) in [5.74, 6) is -0.0962. The van der Waals surface area contributed by atoms with Gasteiger partial charge in [-0.2, -0.15) is 0 Å². The van der Waals surface area contributed by atoms with Crippen molar-refractivity contribution in [3.8, 4) is 0 Å². The number of amides is 1. The molecule has 2 aromatic carbocycles. The molecule has 0 radical (unpaired) electrons. The van der Waals surface area contributed by atoms with Gasteiger partial charge in [-0.15, -0.1) is 0 Å². The largest absolute Gasteiger partial charge is 0.358 e. The van der Waals surface area contributed by atoms with Gasteiger partial charge in [0.1, 0.15) is 5.82 Å². The lowest BCUT2D eigenvalue weighted by Crippen LogP contribution is -2.40. The zero-order valence-electron chi connectivity index (χ0n) is 16.8. The molecule has 146 valence electrons. The molecule has 1 amide bonds. The second kappa shape index (κ2) is 7.42. The summed E-state index contributed by atoms with van der Waals surface area (Å²) >= 11 is 0. The molecule has 3 nitrogen and oxygen atoms in total. The SMILES string of the molecule is Cc1[nH]c2cc(C(=O)N3[C@@H](CCc4ccc(F)cc4)CC[C@H]3C)ccc2c1C. The van der Waals surface area contributed by atoms with Crippen LogP contribution in [0.3, 0.4) is 0 Å². The van der Waals surface area contributed by atoms with Crippen LogP contribution in [0.2, 0.25) is 0 Å². The third-order valence-electron chi connectivity index (χ3n) is 6.26. The molecule has 1 N–H and O–H groups in total. The second-order valence-corrected chi connectivity index (χ2v) is 8.09. The summed E-state index contributed by atoms with van der Waals surface area (Å²) in [7, 11) is 0. The van der Waals surface area contributed by atoms with Gasteiger partial charge in [0.25, 0.3) is 5.91 Å². The highest BCUT2D eigenvalue weighted by Gasteiger charge is 2.34. The summed E-state index contributed by atoms with van der Waals surface area (Å²) in [5, 5.41) is 1.18. The number of halogens is 1. The van der Waals surface area contributed by atoms with Crippen LogP contribution < -0.4 is 0 Å². The van der Waals surface area contributed by atoms with E-state index in [1.807, 2.05) is 24.3 Å². The van der Waals surface area contributed by atoms with E-state index in [9.17, 15) is 9.18 Å². The van der Waals surface area contributed by atoms with E-state index in [0.29, 0.717) is 0 Å². The van der Waals surface area contributed by atoms with Gasteiger partial charge in [-0.25, -0.2) is 4.39 Å². The molecule has 4 heteroatoms. The first kappa shape index (κ1) is 18.7. The van der Waals surface area contributed by atoms with Crippen LogP contribution in [0.1, 0.15) is 53.4 Å². The molecular weight excluding hydrogens is 351 g/mol. The van der Waals surface area contributed by atoms with Gasteiger partial charge in [-0.05, 0) is 81.8 Å². The predicted molar refractivity (Wildman–Crippen MR) is 111 cm³/mol. The minimum Gasteiger partial charge on any atom is -0.358 e. The number of aromatic nitrogens is 1. The molecular formula is C24H27FN2O. The number of aromatic amines is 1. The van der Waals surface area contributed by atoms with Gasteiger partial charge in [0.15, 0.2) is 0 Å². The van der Waals surface area contributed by atoms with Gasteiger partial charge < -0.3 is 9.88 Å². The number of nitrogens with zero attached hydrogens (tertiary/aromatic N) is 1. The molecule has 2 heterocycles. The van der Waals surface area contributed by atoms with E-state index in [4.69, 9.17) is 0 Å². The van der Waals surface area contributed by atoms with Crippen LogP contribution in [0.5, 0.6) is 0 Å². The molecule has 1 aliphatic rings. The van der Waals surface area contributed by atoms with Crippen molar-refractivity contribution in [1.82, 2.24) is 9.88 Å². The van der Waals surface area contributed by atoms with E-state index >= 15 is 0 Å². The van der Waals surface area contributed by atoms with E-state index in [-0.39, 0.29) is 23.8 Å². The smallest absolute Gasteiger partial charge is 0.254 e. The molecule has 1 fully saturated rings. The molecule has 3 aromatic rings. The van der Waals surface area contributed by atoms with Crippen LogP contribution in [-0.4, -0.2) is 27.9 Å². The number of rotatable bonds is 4. The number of hydrogen-bond acceptors (Lipinski definition) is 1. The Labute approximate surface area is 165 Å². The third kappa shape index (κ3) is 3.44. The van der Waals surface area contributed by atoms with E-state index in [2.05, 4.69) is 36.7 Å². The van der Waals surface area contributed by atoms with Crippen LogP contribution in [0, 0.1) is 19.7 Å². The van der Waals surface area contributed by atoms with Crippen molar-refractivity contribution in [2.24, 2.45) is 0 Å². The number of carbonyl (C=O) groups is 1. The molecule has 1 aromatic heterocycles. The molecule has 0 saturated carbocycles. The maximum atomic E-state index is 13.3. The van der Waals surface area contributed by atoms with Crippen molar-refractivity contribution < 1.29 is 9.18 Å². The van der Waals surface area contributed by atoms with Gasteiger partial charge in [0, 0.05) is 34.2 Å². The van der Waals surface area contributed by atoms with Gasteiger partial charge in [0.05, 0.1) is 0 Å². The van der Waals surface area contributed by atoms with Crippen LogP contribution in [0.4, 0.5) is 4.39 Å². The fraction of sp³-hybridized carbons (Fsp3) is 0.375. The van der Waals surface area contributed by atoms with Crippen molar-refractivity contribution in [1.29, 1.82) is 0 Å². The quantitative estimate of drug-likeness (QED) is 0.635. The van der Waals surface area contributed by atoms with Crippen molar-refractivity contribution in [3.05, 3.63) is 70.7 Å². The van der Waals surface area contributed by atoms with E-state index < -0.39 is 0 Å². The van der Waals surface area contributed by atoms with E-state index in [1.54, 1.807) is 0 Å². The first-order valence-electron chi connectivity index (χ1n) is 10.1. The fourth-order valence-corrected chi connectivity index (χ4v) is 4.46. The summed E-state index contributed by atoms with van der Waals surface area (Å²) in [4.78, 5) is 18.8. The predicted octanol–water partition coefficient (Wildman–Crippen LogP) is 5.55. The monoisotopic (exact) mass is 378 g/mol. The average Bonchev–Trinajstić information content (AvgIpc) is 3.19. The number of benzene rings is 2. The number of aryl methyl sites for hydroxylation is 3. The molecule has 0 bridgehead atoms. The van der Waals surface area contributed by atoms with Crippen molar-refractivity contribution in [2.45, 2.75) is 58.5 Å². The molecule has 2 atom stereocenters. The highest BCUT2D eigenvalue weighted by Crippen LogP contribution is 2.30. The summed E-state index contributed by atoms with van der Waals surface area (Å²) in [6.07, 6.45) is 3.82. The Morgan fingerprint density at radius 2 is 1.89 bits per heavy atom. The molecule has 28 heavy (non-hydrogen) atoms. The molecule has 1 saturated heterocycles. The Hall–Kier alpha value is -2.62. The first-order chi connectivity index (χ1) is 13.4. The van der Waals surface area contributed by atoms with Gasteiger partial charge in [0.2, 0.25) is 0 Å². The van der Waals surface area contributed by atoms with Gasteiger partial charge in [-0.1, -0.05) is 18.2 Å². The number of likely N-dealkylation sites (tertiary alicyclic amines) is 1. The normalized spacial score (nSPS) is 19.5. The standard InChI is InChI=1S/C24H27FN2O/c1-15-4-11-21(12-7-18-5-9-20(25)10-6-18)27(15)24(28)19-8-13-22-16(2)17(3)26-23(22)14-19/h5-6,8-10,13-15,21,26H,4,7,11-12H2,1-3H3/t15-,21-/m1/s1. The minimum atomic E-state index is -0.208. The van der Waals surface area contributed by atoms with E-state index in [0.717, 1.165) is 48.0 Å². The summed E-state index contributed by atoms with van der Waals surface area (Å²) < 4.78 is 13.1. The van der Waals surface area contributed by atoms with Crippen molar-refractivity contribution in [3.63, 3.8) is 0 Å². The molecule has 0 unspecified atom stereocenters. The fourth-order valence-electron chi connectivity index (χ4n) is 4.46. The lowest BCUT2D eigenvalue weighted by Gasteiger charge is -2.29. The van der Waals surface area contributed by atoms with Gasteiger partial charge in [-0.3, -0.25) is 4.79 Å². The number of hydrogen-bond donors (Lipinski definition) is 1. The summed E-state index contributed by atoms with van der Waals surface area (Å²) in [6.45, 7) is 6.30. The Bertz CT molecular complexity index is 1010. The molecule has 1 aliphatic heterocycles.